The molecule has 1 aliphatic heterocycles. The molecule has 104 valence electrons. The van der Waals surface area contributed by atoms with Crippen LogP contribution in [0.25, 0.3) is 0 Å². The Hall–Kier alpha value is -2.15. The van der Waals surface area contributed by atoms with Gasteiger partial charge in [-0.25, -0.2) is 0 Å². The van der Waals surface area contributed by atoms with Crippen LogP contribution in [0.15, 0.2) is 23.3 Å². The largest absolute Gasteiger partial charge is 0.486 e. The summed E-state index contributed by atoms with van der Waals surface area (Å²) in [4.78, 5) is 0. The Morgan fingerprint density at radius 2 is 2.20 bits per heavy atom. The molecule has 0 bridgehead atoms. The van der Waals surface area contributed by atoms with Crippen LogP contribution >= 0.6 is 12.2 Å². The lowest BCUT2D eigenvalue weighted by atomic mass is 10.2. The van der Waals surface area contributed by atoms with E-state index in [0.29, 0.717) is 18.0 Å². The first-order valence-electron chi connectivity index (χ1n) is 6.38. The zero-order valence-corrected chi connectivity index (χ0v) is 11.8. The molecule has 20 heavy (non-hydrogen) atoms. The molecule has 0 fully saturated rings. The average molecular weight is 290 g/mol. The molecule has 1 aromatic heterocycles. The summed E-state index contributed by atoms with van der Waals surface area (Å²) in [5, 5.41) is 11.2. The van der Waals surface area contributed by atoms with Gasteiger partial charge in [0.25, 0.3) is 0 Å². The number of rotatable bonds is 3. The van der Waals surface area contributed by atoms with Crippen LogP contribution in [0.4, 0.5) is 0 Å². The minimum Gasteiger partial charge on any atom is -0.486 e. The lowest BCUT2D eigenvalue weighted by Crippen LogP contribution is -2.15. The second kappa shape index (κ2) is 5.46. The van der Waals surface area contributed by atoms with Crippen LogP contribution in [0, 0.1) is 4.77 Å². The van der Waals surface area contributed by atoms with Crippen molar-refractivity contribution < 1.29 is 9.47 Å². The van der Waals surface area contributed by atoms with Gasteiger partial charge in [0.15, 0.2) is 17.3 Å². The fraction of sp³-hybridized carbons (Fsp3) is 0.308. The lowest BCUT2D eigenvalue weighted by molar-refractivity contribution is 0.171. The number of nitrogens with zero attached hydrogens (tertiary/aromatic N) is 3. The van der Waals surface area contributed by atoms with Gasteiger partial charge in [0.1, 0.15) is 13.2 Å². The summed E-state index contributed by atoms with van der Waals surface area (Å²) in [6.07, 6.45) is 2.48. The summed E-state index contributed by atoms with van der Waals surface area (Å²) in [6.45, 7) is 3.16. The van der Waals surface area contributed by atoms with Gasteiger partial charge >= 0.3 is 0 Å². The molecule has 2 heterocycles. The Balaban J connectivity index is 1.89. The summed E-state index contributed by atoms with van der Waals surface area (Å²) in [6, 6.07) is 5.70. The van der Waals surface area contributed by atoms with Crippen LogP contribution in [0.5, 0.6) is 11.5 Å². The normalized spacial score (nSPS) is 13.8. The molecule has 0 saturated heterocycles. The molecule has 0 unspecified atom stereocenters. The van der Waals surface area contributed by atoms with Crippen molar-refractivity contribution >= 4 is 18.4 Å². The Morgan fingerprint density at radius 3 is 3.00 bits per heavy atom. The maximum atomic E-state index is 5.54. The van der Waals surface area contributed by atoms with Crippen molar-refractivity contribution in [3.05, 3.63) is 34.4 Å². The Kier molecular flexibility index (Phi) is 3.51. The molecule has 1 aromatic carbocycles. The second-order valence-corrected chi connectivity index (χ2v) is 4.64. The molecule has 2 aromatic rings. The van der Waals surface area contributed by atoms with Gasteiger partial charge in [0, 0.05) is 6.42 Å². The number of aryl methyl sites for hydroxylation is 1. The van der Waals surface area contributed by atoms with Gasteiger partial charge in [-0.2, -0.15) is 14.9 Å². The van der Waals surface area contributed by atoms with E-state index < -0.39 is 0 Å². The van der Waals surface area contributed by atoms with Gasteiger partial charge in [-0.1, -0.05) is 6.92 Å². The van der Waals surface area contributed by atoms with Crippen LogP contribution in [0.2, 0.25) is 0 Å². The smallest absolute Gasteiger partial charge is 0.216 e. The predicted molar refractivity (Wildman–Crippen MR) is 77.2 cm³/mol. The lowest BCUT2D eigenvalue weighted by Gasteiger charge is -2.18. The Labute approximate surface area is 121 Å². The molecule has 1 N–H and O–H groups in total. The first-order chi connectivity index (χ1) is 9.78. The summed E-state index contributed by atoms with van der Waals surface area (Å²) < 4.78 is 13.1. The highest BCUT2D eigenvalue weighted by Gasteiger charge is 2.11. The molecular weight excluding hydrogens is 276 g/mol. The molecule has 0 radical (unpaired) electrons. The number of ether oxygens (including phenoxy) is 2. The van der Waals surface area contributed by atoms with Crippen LogP contribution in [0.3, 0.4) is 0 Å². The molecular formula is C13H14N4O2S. The van der Waals surface area contributed by atoms with E-state index in [2.05, 4.69) is 15.3 Å². The van der Waals surface area contributed by atoms with E-state index in [0.717, 1.165) is 29.3 Å². The van der Waals surface area contributed by atoms with Gasteiger partial charge < -0.3 is 9.47 Å². The highest BCUT2D eigenvalue weighted by molar-refractivity contribution is 7.71. The van der Waals surface area contributed by atoms with E-state index in [1.54, 1.807) is 10.9 Å². The molecule has 1 aliphatic rings. The third-order valence-electron chi connectivity index (χ3n) is 2.92. The van der Waals surface area contributed by atoms with Crippen LogP contribution in [-0.4, -0.2) is 34.3 Å². The van der Waals surface area contributed by atoms with Gasteiger partial charge in [-0.15, -0.1) is 0 Å². The number of H-pyrrole nitrogens is 1. The fourth-order valence-electron chi connectivity index (χ4n) is 1.94. The second-order valence-electron chi connectivity index (χ2n) is 4.26. The van der Waals surface area contributed by atoms with Gasteiger partial charge in [0.05, 0.1) is 6.21 Å². The Morgan fingerprint density at radius 1 is 1.40 bits per heavy atom. The van der Waals surface area contributed by atoms with Crippen molar-refractivity contribution in [3.63, 3.8) is 0 Å². The number of benzene rings is 1. The van der Waals surface area contributed by atoms with Crippen molar-refractivity contribution in [2.24, 2.45) is 5.10 Å². The molecule has 7 heteroatoms. The number of hydrogen-bond donors (Lipinski definition) is 1. The van der Waals surface area contributed by atoms with E-state index in [9.17, 15) is 0 Å². The third-order valence-corrected chi connectivity index (χ3v) is 3.19. The van der Waals surface area contributed by atoms with E-state index >= 15 is 0 Å². The standard InChI is InChI=1S/C13H14N4O2S/c1-2-12-15-16-13(20)17(12)14-8-9-3-4-10-11(7-9)19-6-5-18-10/h3-4,7-8H,2,5-6H2,1H3,(H,16,20)/b14-8-. The first kappa shape index (κ1) is 12.9. The number of fused-ring (bicyclic) bond motifs is 1. The van der Waals surface area contributed by atoms with E-state index in [-0.39, 0.29) is 0 Å². The summed E-state index contributed by atoms with van der Waals surface area (Å²) in [7, 11) is 0. The van der Waals surface area contributed by atoms with Crippen molar-refractivity contribution in [1.29, 1.82) is 0 Å². The molecule has 0 spiro atoms. The third kappa shape index (κ3) is 2.44. The summed E-state index contributed by atoms with van der Waals surface area (Å²) in [5.74, 6) is 2.30. The number of hydrogen-bond acceptors (Lipinski definition) is 5. The highest BCUT2D eigenvalue weighted by Crippen LogP contribution is 2.30. The zero-order chi connectivity index (χ0) is 13.9. The molecule has 0 atom stereocenters. The summed E-state index contributed by atoms with van der Waals surface area (Å²) in [5.41, 5.74) is 0.916. The quantitative estimate of drug-likeness (QED) is 0.695. The number of aromatic nitrogens is 3. The maximum absolute atomic E-state index is 5.54. The van der Waals surface area contributed by atoms with Crippen LogP contribution in [-0.2, 0) is 6.42 Å². The molecule has 3 rings (SSSR count). The topological polar surface area (TPSA) is 64.4 Å². The minimum absolute atomic E-state index is 0.482. The average Bonchev–Trinajstić information content (AvgIpc) is 2.85. The monoisotopic (exact) mass is 290 g/mol. The van der Waals surface area contributed by atoms with Crippen LogP contribution in [0.1, 0.15) is 18.3 Å². The molecule has 0 aliphatic carbocycles. The number of nitrogens with one attached hydrogen (secondary N) is 1. The zero-order valence-electron chi connectivity index (χ0n) is 11.0. The van der Waals surface area contributed by atoms with E-state index in [1.807, 2.05) is 25.1 Å². The Bertz CT molecular complexity index is 705. The van der Waals surface area contributed by atoms with Gasteiger partial charge in [-0.05, 0) is 36.0 Å². The predicted octanol–water partition coefficient (Wildman–Crippen LogP) is 2.16. The molecule has 6 nitrogen and oxygen atoms in total. The van der Waals surface area contributed by atoms with E-state index in [1.165, 1.54) is 0 Å². The van der Waals surface area contributed by atoms with Crippen molar-refractivity contribution in [3.8, 4) is 11.5 Å². The van der Waals surface area contributed by atoms with Crippen LogP contribution < -0.4 is 9.47 Å². The van der Waals surface area contributed by atoms with Gasteiger partial charge in [-0.3, -0.25) is 5.10 Å². The first-order valence-corrected chi connectivity index (χ1v) is 6.79. The SMILES string of the molecule is CCc1n[nH]c(=S)n1/N=C\c1ccc2c(c1)OCCO2. The van der Waals surface area contributed by atoms with E-state index in [4.69, 9.17) is 21.7 Å². The molecule has 0 saturated carbocycles. The molecule has 0 amide bonds. The summed E-state index contributed by atoms with van der Waals surface area (Å²) >= 11 is 5.14. The number of aromatic amines is 1. The highest BCUT2D eigenvalue weighted by atomic mass is 32.1. The van der Waals surface area contributed by atoms with Gasteiger partial charge in [0.2, 0.25) is 4.77 Å². The van der Waals surface area contributed by atoms with Crippen molar-refractivity contribution in [1.82, 2.24) is 14.9 Å². The van der Waals surface area contributed by atoms with Crippen molar-refractivity contribution in [2.45, 2.75) is 13.3 Å². The maximum Gasteiger partial charge on any atom is 0.216 e. The fourth-order valence-corrected chi connectivity index (χ4v) is 2.14. The minimum atomic E-state index is 0.482. The van der Waals surface area contributed by atoms with Crippen molar-refractivity contribution in [2.75, 3.05) is 13.2 Å².